The summed E-state index contributed by atoms with van der Waals surface area (Å²) < 4.78 is 47.4. The van der Waals surface area contributed by atoms with Crippen LogP contribution in [-0.4, -0.2) is 136 Å². The van der Waals surface area contributed by atoms with Gasteiger partial charge in [-0.05, 0) is 120 Å². The number of amides is 1. The van der Waals surface area contributed by atoms with Gasteiger partial charge in [-0.15, -0.1) is 0 Å². The first-order valence-corrected chi connectivity index (χ1v) is 24.7. The van der Waals surface area contributed by atoms with E-state index in [2.05, 4.69) is 19.1 Å². The minimum absolute atomic E-state index is 0.0126. The molecule has 13 unspecified atom stereocenters. The van der Waals surface area contributed by atoms with Crippen LogP contribution in [0, 0.1) is 29.6 Å². The Hall–Kier alpha value is -3.99. The lowest BCUT2D eigenvalue weighted by Crippen LogP contribution is -2.64. The largest absolute Gasteiger partial charge is 0.497 e. The molecule has 1 saturated carbocycles. The lowest BCUT2D eigenvalue weighted by Gasteiger charge is -2.47. The molecule has 15 nitrogen and oxygen atoms in total. The number of fused-ring (bicyclic) bond motifs is 3. The summed E-state index contributed by atoms with van der Waals surface area (Å²) in [5.74, 6) is -5.72. The fourth-order valence-corrected chi connectivity index (χ4v) is 10.8. The van der Waals surface area contributed by atoms with Gasteiger partial charge in [0.25, 0.3) is 11.7 Å². The molecular formula is C53H79NO14. The summed E-state index contributed by atoms with van der Waals surface area (Å²) in [5, 5.41) is 12.1. The predicted molar refractivity (Wildman–Crippen MR) is 254 cm³/mol. The normalized spacial score (nSPS) is 34.3. The maximum absolute atomic E-state index is 14.5. The summed E-state index contributed by atoms with van der Waals surface area (Å²) in [6.45, 7) is 11.6. The number of hydrogen-bond donors (Lipinski definition) is 1. The molecule has 1 amide bonds. The zero-order chi connectivity index (χ0) is 49.9. The van der Waals surface area contributed by atoms with Crippen LogP contribution in [0.25, 0.3) is 0 Å². The van der Waals surface area contributed by atoms with Crippen LogP contribution in [-0.2, 0) is 47.6 Å². The zero-order valence-corrected chi connectivity index (χ0v) is 42.4. The Morgan fingerprint density at radius 2 is 1.51 bits per heavy atom. The van der Waals surface area contributed by atoms with Gasteiger partial charge in [-0.25, -0.2) is 4.79 Å². The molecule has 1 aromatic carbocycles. The lowest BCUT2D eigenvalue weighted by molar-refractivity contribution is -0.302. The summed E-state index contributed by atoms with van der Waals surface area (Å²) in [6, 6.07) is 3.92. The molecule has 0 spiro atoms. The second kappa shape index (κ2) is 25.2. The van der Waals surface area contributed by atoms with E-state index in [1.54, 1.807) is 46.5 Å². The molecule has 68 heavy (non-hydrogen) atoms. The number of carbonyl (C=O) groups is 5. The van der Waals surface area contributed by atoms with Crippen molar-refractivity contribution in [3.63, 3.8) is 0 Å². The van der Waals surface area contributed by atoms with Crippen LogP contribution in [0.5, 0.6) is 11.5 Å². The van der Waals surface area contributed by atoms with Crippen LogP contribution in [0.4, 0.5) is 0 Å². The minimum atomic E-state index is -2.49. The summed E-state index contributed by atoms with van der Waals surface area (Å²) in [7, 11) is 7.77. The summed E-state index contributed by atoms with van der Waals surface area (Å²) >= 11 is 0. The van der Waals surface area contributed by atoms with Crippen LogP contribution in [0.1, 0.15) is 129 Å². The van der Waals surface area contributed by atoms with Crippen molar-refractivity contribution in [1.82, 2.24) is 4.90 Å². The molecule has 3 heterocycles. The average molecular weight is 954 g/mol. The molecule has 5 rings (SSSR count). The Bertz CT molecular complexity index is 1940. The molecule has 15 heteroatoms. The summed E-state index contributed by atoms with van der Waals surface area (Å²) in [5.41, 5.74) is 2.27. The Morgan fingerprint density at radius 3 is 2.15 bits per heavy atom. The summed E-state index contributed by atoms with van der Waals surface area (Å²) in [6.07, 6.45) is 6.86. The van der Waals surface area contributed by atoms with Gasteiger partial charge in [0.05, 0.1) is 38.6 Å². The lowest BCUT2D eigenvalue weighted by atomic mass is 9.82. The molecule has 1 aliphatic carbocycles. The third-order valence-corrected chi connectivity index (χ3v) is 14.8. The van der Waals surface area contributed by atoms with Crippen molar-refractivity contribution < 1.29 is 67.0 Å². The minimum Gasteiger partial charge on any atom is -0.497 e. The second-order valence-electron chi connectivity index (χ2n) is 19.8. The standard InChI is InChI=1S/C53H79NO14/c1-12-37-22-31(2)21-32(3)23-46(64-10)49-47(65-11)25-35(6)53(60,68-49)50(57)51(58)54-20-14-13-15-41(54)52(59)67-48(33(4)16-18-42(37)55)34(5)24-36-17-19-44(45(26-36)63-9)66-30-43(56)38-27-39(61-7)29-40(28-38)62-8/h22,24,27-29,32-33,35-37,41,44-49,60H,12-21,23,25-26,30H2,1-11H3. The molecule has 0 aromatic heterocycles. The van der Waals surface area contributed by atoms with Gasteiger partial charge in [-0.3, -0.25) is 19.2 Å². The van der Waals surface area contributed by atoms with Gasteiger partial charge < -0.3 is 47.9 Å². The van der Waals surface area contributed by atoms with E-state index in [4.69, 9.17) is 37.9 Å². The maximum atomic E-state index is 14.5. The molecule has 380 valence electrons. The number of ketones is 3. The van der Waals surface area contributed by atoms with Crippen molar-refractivity contribution in [1.29, 1.82) is 0 Å². The van der Waals surface area contributed by atoms with Gasteiger partial charge in [0.2, 0.25) is 5.79 Å². The number of aliphatic hydroxyl groups is 1. The average Bonchev–Trinajstić information content (AvgIpc) is 3.34. The Morgan fingerprint density at radius 1 is 0.853 bits per heavy atom. The van der Waals surface area contributed by atoms with Gasteiger partial charge in [0.1, 0.15) is 42.1 Å². The second-order valence-corrected chi connectivity index (χ2v) is 19.8. The Kier molecular flexibility index (Phi) is 20.4. The van der Waals surface area contributed by atoms with E-state index >= 15 is 0 Å². The number of piperidine rings is 1. The van der Waals surface area contributed by atoms with Crippen molar-refractivity contribution >= 4 is 29.2 Å². The highest BCUT2D eigenvalue weighted by molar-refractivity contribution is 6.39. The van der Waals surface area contributed by atoms with Gasteiger partial charge in [-0.2, -0.15) is 0 Å². The molecule has 3 fully saturated rings. The number of esters is 1. The first-order valence-electron chi connectivity index (χ1n) is 24.7. The number of nitrogens with zero attached hydrogens (tertiary/aromatic N) is 1. The number of methoxy groups -OCH3 is 5. The van der Waals surface area contributed by atoms with E-state index in [1.165, 1.54) is 19.1 Å². The highest BCUT2D eigenvalue weighted by Gasteiger charge is 2.56. The highest BCUT2D eigenvalue weighted by atomic mass is 16.7. The van der Waals surface area contributed by atoms with Gasteiger partial charge in [-0.1, -0.05) is 45.4 Å². The van der Waals surface area contributed by atoms with Crippen LogP contribution in [0.3, 0.4) is 0 Å². The fraction of sp³-hybridized carbons (Fsp3) is 0.717. The van der Waals surface area contributed by atoms with Crippen molar-refractivity contribution in [3.8, 4) is 11.5 Å². The SMILES string of the molecule is CCC1C=C(C)CC(C)CC(OC)C2OC(O)(C(=O)C(=O)N3CCCCC3C(=O)OC(C(C)=CC3CCC(OCC(=O)c4cc(OC)cc(OC)c4)C(OC)C3)C(C)CCC1=O)C(C)CC2OC. The van der Waals surface area contributed by atoms with Crippen molar-refractivity contribution in [2.24, 2.45) is 29.6 Å². The Balaban J connectivity index is 1.41. The third-order valence-electron chi connectivity index (χ3n) is 14.8. The Labute approximate surface area is 403 Å². The molecule has 1 N–H and O–H groups in total. The molecule has 2 saturated heterocycles. The third kappa shape index (κ3) is 13.4. The predicted octanol–water partition coefficient (Wildman–Crippen LogP) is 7.43. The van der Waals surface area contributed by atoms with Gasteiger partial charge in [0.15, 0.2) is 5.78 Å². The molecule has 13 atom stereocenters. The van der Waals surface area contributed by atoms with Crippen LogP contribution >= 0.6 is 0 Å². The number of Topliss-reactive ketones (excluding diaryl/α,β-unsaturated/α-hetero) is 3. The topological polar surface area (TPSA) is 183 Å². The number of carbonyl (C=O) groups excluding carboxylic acids is 5. The maximum Gasteiger partial charge on any atom is 0.329 e. The van der Waals surface area contributed by atoms with Gasteiger partial charge in [0, 0.05) is 57.8 Å². The van der Waals surface area contributed by atoms with Crippen molar-refractivity contribution in [3.05, 3.63) is 47.1 Å². The van der Waals surface area contributed by atoms with Crippen LogP contribution < -0.4 is 9.47 Å². The smallest absolute Gasteiger partial charge is 0.329 e. The highest BCUT2D eigenvalue weighted by Crippen LogP contribution is 2.39. The first kappa shape index (κ1) is 54.9. The number of ether oxygens (including phenoxy) is 8. The van der Waals surface area contributed by atoms with Crippen LogP contribution in [0.15, 0.2) is 41.5 Å². The fourth-order valence-electron chi connectivity index (χ4n) is 10.8. The first-order chi connectivity index (χ1) is 32.4. The number of allylic oxidation sites excluding steroid dienone is 3. The van der Waals surface area contributed by atoms with E-state index in [0.29, 0.717) is 74.8 Å². The molecule has 4 aliphatic rings. The van der Waals surface area contributed by atoms with Crippen LogP contribution in [0.2, 0.25) is 0 Å². The van der Waals surface area contributed by atoms with E-state index in [1.807, 2.05) is 27.7 Å². The number of hydrogen-bond acceptors (Lipinski definition) is 14. The number of cyclic esters (lactones) is 1. The van der Waals surface area contributed by atoms with E-state index in [9.17, 15) is 29.1 Å². The zero-order valence-electron chi connectivity index (χ0n) is 42.4. The van der Waals surface area contributed by atoms with E-state index in [0.717, 1.165) is 11.1 Å². The molecular weight excluding hydrogens is 875 g/mol. The molecule has 0 radical (unpaired) electrons. The van der Waals surface area contributed by atoms with E-state index < -0.39 is 59.8 Å². The van der Waals surface area contributed by atoms with Gasteiger partial charge >= 0.3 is 5.97 Å². The molecule has 3 aliphatic heterocycles. The number of benzene rings is 1. The monoisotopic (exact) mass is 954 g/mol. The summed E-state index contributed by atoms with van der Waals surface area (Å²) in [4.78, 5) is 71.7. The number of rotatable bonds is 12. The quantitative estimate of drug-likeness (QED) is 0.0945. The molecule has 2 bridgehead atoms. The molecule has 1 aromatic rings. The van der Waals surface area contributed by atoms with Crippen molar-refractivity contribution in [2.75, 3.05) is 48.7 Å². The van der Waals surface area contributed by atoms with E-state index in [-0.39, 0.29) is 79.9 Å². The van der Waals surface area contributed by atoms with Crippen molar-refractivity contribution in [2.45, 2.75) is 167 Å².